The Bertz CT molecular complexity index is 833. The molecule has 3 aromatic heterocycles. The van der Waals surface area contributed by atoms with Crippen molar-refractivity contribution in [3.8, 4) is 5.88 Å². The van der Waals surface area contributed by atoms with Crippen LogP contribution in [-0.2, 0) is 6.54 Å². The van der Waals surface area contributed by atoms with Crippen molar-refractivity contribution in [3.05, 3.63) is 65.5 Å². The highest BCUT2D eigenvalue weighted by Crippen LogP contribution is 2.19. The number of nitrogens with one attached hydrogen (secondary N) is 1. The van der Waals surface area contributed by atoms with Gasteiger partial charge in [0.15, 0.2) is 0 Å². The number of rotatable bonds is 5. The molecule has 0 unspecified atom stereocenters. The van der Waals surface area contributed by atoms with Crippen molar-refractivity contribution in [2.45, 2.75) is 20.4 Å². The Morgan fingerprint density at radius 1 is 1.33 bits per heavy atom. The van der Waals surface area contributed by atoms with Crippen LogP contribution >= 0.6 is 0 Å². The number of hydrogen-bond acceptors (Lipinski definition) is 4. The lowest BCUT2D eigenvalue weighted by Gasteiger charge is -2.08. The van der Waals surface area contributed by atoms with Gasteiger partial charge in [0.25, 0.3) is 5.91 Å². The first-order chi connectivity index (χ1) is 11.6. The molecule has 1 N–H and O–H groups in total. The van der Waals surface area contributed by atoms with Crippen LogP contribution in [0.5, 0.6) is 5.88 Å². The molecule has 0 spiro atoms. The van der Waals surface area contributed by atoms with Crippen molar-refractivity contribution in [2.24, 2.45) is 0 Å². The second-order valence-corrected chi connectivity index (χ2v) is 5.49. The maximum Gasteiger partial charge on any atom is 0.257 e. The number of aryl methyl sites for hydroxylation is 1. The van der Waals surface area contributed by atoms with Gasteiger partial charge in [0, 0.05) is 17.5 Å². The SMILES string of the molecule is COc1ccc(NC(=O)c2cc(C)n(Cc3ccco3)c2C)cn1. The summed E-state index contributed by atoms with van der Waals surface area (Å²) in [5.74, 6) is 1.19. The van der Waals surface area contributed by atoms with E-state index in [-0.39, 0.29) is 5.91 Å². The molecule has 3 aromatic rings. The number of pyridine rings is 1. The van der Waals surface area contributed by atoms with Crippen molar-refractivity contribution < 1.29 is 13.9 Å². The second kappa shape index (κ2) is 6.62. The Hall–Kier alpha value is -3.02. The van der Waals surface area contributed by atoms with Gasteiger partial charge in [0.05, 0.1) is 37.4 Å². The van der Waals surface area contributed by atoms with Gasteiger partial charge in [0.2, 0.25) is 5.88 Å². The van der Waals surface area contributed by atoms with Gasteiger partial charge in [-0.3, -0.25) is 4.79 Å². The summed E-state index contributed by atoms with van der Waals surface area (Å²) >= 11 is 0. The van der Waals surface area contributed by atoms with Crippen molar-refractivity contribution in [3.63, 3.8) is 0 Å². The summed E-state index contributed by atoms with van der Waals surface area (Å²) in [6, 6.07) is 9.11. The lowest BCUT2D eigenvalue weighted by molar-refractivity contribution is 0.102. The molecule has 0 radical (unpaired) electrons. The van der Waals surface area contributed by atoms with Crippen LogP contribution in [0.2, 0.25) is 0 Å². The largest absolute Gasteiger partial charge is 0.481 e. The van der Waals surface area contributed by atoms with Crippen molar-refractivity contribution in [2.75, 3.05) is 12.4 Å². The maximum absolute atomic E-state index is 12.6. The van der Waals surface area contributed by atoms with Crippen LogP contribution in [0.15, 0.2) is 47.2 Å². The smallest absolute Gasteiger partial charge is 0.257 e. The standard InChI is InChI=1S/C18H19N3O3/c1-12-9-16(13(2)21(12)11-15-5-4-8-24-15)18(22)20-14-6-7-17(23-3)19-10-14/h4-10H,11H2,1-3H3,(H,20,22). The summed E-state index contributed by atoms with van der Waals surface area (Å²) in [5.41, 5.74) is 3.15. The van der Waals surface area contributed by atoms with Crippen molar-refractivity contribution in [1.82, 2.24) is 9.55 Å². The lowest BCUT2D eigenvalue weighted by Crippen LogP contribution is -2.13. The number of hydrogen-bond donors (Lipinski definition) is 1. The van der Waals surface area contributed by atoms with Crippen LogP contribution in [0.4, 0.5) is 5.69 Å². The summed E-state index contributed by atoms with van der Waals surface area (Å²) in [7, 11) is 1.55. The minimum Gasteiger partial charge on any atom is -0.481 e. The van der Waals surface area contributed by atoms with Gasteiger partial charge in [-0.2, -0.15) is 0 Å². The zero-order valence-corrected chi connectivity index (χ0v) is 13.9. The van der Waals surface area contributed by atoms with Crippen LogP contribution in [0.1, 0.15) is 27.5 Å². The Morgan fingerprint density at radius 3 is 2.79 bits per heavy atom. The highest BCUT2D eigenvalue weighted by atomic mass is 16.5. The molecule has 6 heteroatoms. The predicted molar refractivity (Wildman–Crippen MR) is 90.5 cm³/mol. The summed E-state index contributed by atoms with van der Waals surface area (Å²) in [6.45, 7) is 4.50. The molecule has 0 aliphatic carbocycles. The first-order valence-electron chi connectivity index (χ1n) is 7.59. The zero-order chi connectivity index (χ0) is 17.1. The number of nitrogens with zero attached hydrogens (tertiary/aromatic N) is 2. The van der Waals surface area contributed by atoms with E-state index < -0.39 is 0 Å². The molecule has 0 aliphatic rings. The number of aromatic nitrogens is 2. The number of ether oxygens (including phenoxy) is 1. The van der Waals surface area contributed by atoms with E-state index in [9.17, 15) is 4.79 Å². The van der Waals surface area contributed by atoms with Gasteiger partial charge in [-0.05, 0) is 38.1 Å². The van der Waals surface area contributed by atoms with E-state index in [2.05, 4.69) is 14.9 Å². The molecule has 0 atom stereocenters. The first-order valence-corrected chi connectivity index (χ1v) is 7.59. The predicted octanol–water partition coefficient (Wildman–Crippen LogP) is 3.40. The van der Waals surface area contributed by atoms with E-state index in [4.69, 9.17) is 9.15 Å². The molecule has 0 saturated heterocycles. The maximum atomic E-state index is 12.6. The quantitative estimate of drug-likeness (QED) is 0.780. The molecular formula is C18H19N3O3. The van der Waals surface area contributed by atoms with Crippen LogP contribution in [0, 0.1) is 13.8 Å². The highest BCUT2D eigenvalue weighted by Gasteiger charge is 2.16. The van der Waals surface area contributed by atoms with E-state index in [1.54, 1.807) is 31.7 Å². The van der Waals surface area contributed by atoms with E-state index in [1.807, 2.05) is 32.0 Å². The van der Waals surface area contributed by atoms with E-state index in [0.29, 0.717) is 23.7 Å². The normalized spacial score (nSPS) is 10.6. The second-order valence-electron chi connectivity index (χ2n) is 5.49. The summed E-state index contributed by atoms with van der Waals surface area (Å²) in [4.78, 5) is 16.6. The minimum atomic E-state index is -0.166. The molecule has 3 rings (SSSR count). The Balaban J connectivity index is 1.79. The van der Waals surface area contributed by atoms with Crippen LogP contribution in [0.3, 0.4) is 0 Å². The average molecular weight is 325 g/mol. The number of amides is 1. The number of anilines is 1. The molecule has 3 heterocycles. The topological polar surface area (TPSA) is 69.3 Å². The number of carbonyl (C=O) groups is 1. The highest BCUT2D eigenvalue weighted by molar-refractivity contribution is 6.05. The van der Waals surface area contributed by atoms with Gasteiger partial charge in [-0.15, -0.1) is 0 Å². The summed E-state index contributed by atoms with van der Waals surface area (Å²) in [5, 5.41) is 2.86. The molecule has 1 amide bonds. The molecule has 0 fully saturated rings. The molecular weight excluding hydrogens is 306 g/mol. The van der Waals surface area contributed by atoms with Crippen LogP contribution < -0.4 is 10.1 Å². The fraction of sp³-hybridized carbons (Fsp3) is 0.222. The monoisotopic (exact) mass is 325 g/mol. The summed E-state index contributed by atoms with van der Waals surface area (Å²) in [6.07, 6.45) is 3.21. The third-order valence-electron chi connectivity index (χ3n) is 3.92. The summed E-state index contributed by atoms with van der Waals surface area (Å²) < 4.78 is 12.5. The van der Waals surface area contributed by atoms with Gasteiger partial charge in [0.1, 0.15) is 5.76 Å². The molecule has 0 aromatic carbocycles. The molecule has 0 bridgehead atoms. The Morgan fingerprint density at radius 2 is 2.17 bits per heavy atom. The van der Waals surface area contributed by atoms with Crippen molar-refractivity contribution >= 4 is 11.6 Å². The van der Waals surface area contributed by atoms with Crippen LogP contribution in [-0.4, -0.2) is 22.6 Å². The molecule has 0 aliphatic heterocycles. The van der Waals surface area contributed by atoms with E-state index in [0.717, 1.165) is 17.1 Å². The number of methoxy groups -OCH3 is 1. The molecule has 124 valence electrons. The molecule has 0 saturated carbocycles. The lowest BCUT2D eigenvalue weighted by atomic mass is 10.2. The van der Waals surface area contributed by atoms with Crippen LogP contribution in [0.25, 0.3) is 0 Å². The van der Waals surface area contributed by atoms with Gasteiger partial charge in [-0.25, -0.2) is 4.98 Å². The fourth-order valence-electron chi connectivity index (χ4n) is 2.61. The Labute approximate surface area is 140 Å². The van der Waals surface area contributed by atoms with E-state index >= 15 is 0 Å². The third-order valence-corrected chi connectivity index (χ3v) is 3.92. The van der Waals surface area contributed by atoms with Gasteiger partial charge >= 0.3 is 0 Å². The molecule has 24 heavy (non-hydrogen) atoms. The first kappa shape index (κ1) is 15.9. The van der Waals surface area contributed by atoms with E-state index in [1.165, 1.54) is 0 Å². The third kappa shape index (κ3) is 3.17. The van der Waals surface area contributed by atoms with Gasteiger partial charge < -0.3 is 19.0 Å². The number of carbonyl (C=O) groups excluding carboxylic acids is 1. The van der Waals surface area contributed by atoms with Crippen molar-refractivity contribution in [1.29, 1.82) is 0 Å². The fourth-order valence-corrected chi connectivity index (χ4v) is 2.61. The number of furan rings is 1. The van der Waals surface area contributed by atoms with Gasteiger partial charge in [-0.1, -0.05) is 0 Å². The minimum absolute atomic E-state index is 0.166. The average Bonchev–Trinajstić information content (AvgIpc) is 3.19. The molecule has 6 nitrogen and oxygen atoms in total. The zero-order valence-electron chi connectivity index (χ0n) is 13.9. The Kier molecular flexibility index (Phi) is 4.37.